The Bertz CT molecular complexity index is 552. The maximum Gasteiger partial charge on any atom is 0.339 e. The van der Waals surface area contributed by atoms with Crippen LogP contribution in [0.15, 0.2) is 6.07 Å². The van der Waals surface area contributed by atoms with Crippen molar-refractivity contribution in [3.8, 4) is 0 Å². The molecule has 0 radical (unpaired) electrons. The molecule has 0 aliphatic heterocycles. The highest BCUT2D eigenvalue weighted by atomic mass is 19.1. The zero-order valence-corrected chi connectivity index (χ0v) is 8.61. The summed E-state index contributed by atoms with van der Waals surface area (Å²) < 4.78 is 26.9. The number of benzene rings is 1. The molecule has 0 amide bonds. The number of aliphatic carboxylic acids is 1. The van der Waals surface area contributed by atoms with Crippen LogP contribution in [0, 0.1) is 11.6 Å². The summed E-state index contributed by atoms with van der Waals surface area (Å²) in [4.78, 5) is 31.8. The first kappa shape index (κ1) is 13.6. The zero-order valence-electron chi connectivity index (χ0n) is 8.61. The first-order chi connectivity index (χ1) is 8.25. The van der Waals surface area contributed by atoms with Gasteiger partial charge >= 0.3 is 17.9 Å². The number of carbonyl (C=O) groups is 3. The second-order valence-corrected chi connectivity index (χ2v) is 3.25. The smallest absolute Gasteiger partial charge is 0.339 e. The molecule has 3 N–H and O–H groups in total. The fourth-order valence-corrected chi connectivity index (χ4v) is 1.35. The van der Waals surface area contributed by atoms with Gasteiger partial charge in [-0.25, -0.2) is 18.4 Å². The first-order valence-corrected chi connectivity index (χ1v) is 4.45. The van der Waals surface area contributed by atoms with E-state index in [0.717, 1.165) is 0 Å². The summed E-state index contributed by atoms with van der Waals surface area (Å²) in [5.41, 5.74) is -3.34. The number of aromatic carboxylic acids is 2. The van der Waals surface area contributed by atoms with E-state index in [9.17, 15) is 23.2 Å². The molecule has 0 unspecified atom stereocenters. The average Bonchev–Trinajstić information content (AvgIpc) is 2.22. The number of halogens is 2. The molecule has 0 saturated carbocycles. The summed E-state index contributed by atoms with van der Waals surface area (Å²) in [5.74, 6) is -8.43. The molecule has 0 heterocycles. The average molecular weight is 260 g/mol. The quantitative estimate of drug-likeness (QED) is 0.744. The van der Waals surface area contributed by atoms with Crippen molar-refractivity contribution in [2.24, 2.45) is 0 Å². The summed E-state index contributed by atoms with van der Waals surface area (Å²) >= 11 is 0. The van der Waals surface area contributed by atoms with E-state index < -0.39 is 52.7 Å². The molecular weight excluding hydrogens is 254 g/mol. The predicted octanol–water partition coefficient (Wildman–Crippen LogP) is 0.988. The number of carboxylic acid groups (broad SMARTS) is 3. The Kier molecular flexibility index (Phi) is 3.60. The van der Waals surface area contributed by atoms with Crippen LogP contribution in [0.3, 0.4) is 0 Å². The van der Waals surface area contributed by atoms with Gasteiger partial charge < -0.3 is 15.3 Å². The standard InChI is InChI=1S/C10H6F2O6/c11-5-1-4(9(15)16)7(10(17)18)8(12)3(5)2-6(13)14/h1H,2H2,(H,13,14)(H,15,16)(H,17,18). The SMILES string of the molecule is O=C(O)Cc1c(F)cc(C(=O)O)c(C(=O)O)c1F. The third-order valence-corrected chi connectivity index (χ3v) is 2.09. The van der Waals surface area contributed by atoms with Gasteiger partial charge in [0.25, 0.3) is 0 Å². The lowest BCUT2D eigenvalue weighted by Crippen LogP contribution is -2.16. The van der Waals surface area contributed by atoms with Gasteiger partial charge in [0, 0.05) is 5.56 Å². The molecule has 0 aliphatic carbocycles. The van der Waals surface area contributed by atoms with Crippen molar-refractivity contribution >= 4 is 17.9 Å². The first-order valence-electron chi connectivity index (χ1n) is 4.45. The van der Waals surface area contributed by atoms with Gasteiger partial charge in [0.1, 0.15) is 17.2 Å². The third kappa shape index (κ3) is 2.42. The van der Waals surface area contributed by atoms with Crippen molar-refractivity contribution in [2.45, 2.75) is 6.42 Å². The molecule has 96 valence electrons. The second-order valence-electron chi connectivity index (χ2n) is 3.25. The Morgan fingerprint density at radius 3 is 2.00 bits per heavy atom. The van der Waals surface area contributed by atoms with E-state index in [4.69, 9.17) is 15.3 Å². The van der Waals surface area contributed by atoms with Gasteiger partial charge in [-0.3, -0.25) is 4.79 Å². The fraction of sp³-hybridized carbons (Fsp3) is 0.100. The molecule has 0 atom stereocenters. The van der Waals surface area contributed by atoms with Crippen LogP contribution in [0.4, 0.5) is 8.78 Å². The fourth-order valence-electron chi connectivity index (χ4n) is 1.35. The van der Waals surface area contributed by atoms with Crippen LogP contribution < -0.4 is 0 Å². The summed E-state index contributed by atoms with van der Waals surface area (Å²) in [6.07, 6.45) is -1.09. The van der Waals surface area contributed by atoms with Crippen LogP contribution in [0.2, 0.25) is 0 Å². The van der Waals surface area contributed by atoms with Gasteiger partial charge in [0.15, 0.2) is 0 Å². The molecule has 1 rings (SSSR count). The van der Waals surface area contributed by atoms with Gasteiger partial charge in [-0.15, -0.1) is 0 Å². The lowest BCUT2D eigenvalue weighted by atomic mass is 10.00. The Hall–Kier alpha value is -2.51. The Balaban J connectivity index is 3.60. The Morgan fingerprint density at radius 1 is 1.06 bits per heavy atom. The van der Waals surface area contributed by atoms with Crippen LogP contribution >= 0.6 is 0 Å². The van der Waals surface area contributed by atoms with Crippen LogP contribution in [-0.2, 0) is 11.2 Å². The van der Waals surface area contributed by atoms with Gasteiger partial charge in [0.2, 0.25) is 0 Å². The topological polar surface area (TPSA) is 112 Å². The number of hydrogen-bond acceptors (Lipinski definition) is 3. The van der Waals surface area contributed by atoms with Gasteiger partial charge in [-0.1, -0.05) is 0 Å². The van der Waals surface area contributed by atoms with Crippen molar-refractivity contribution in [1.82, 2.24) is 0 Å². The second kappa shape index (κ2) is 4.78. The van der Waals surface area contributed by atoms with E-state index in [0.29, 0.717) is 0 Å². The highest BCUT2D eigenvalue weighted by Gasteiger charge is 2.27. The maximum absolute atomic E-state index is 13.6. The number of hydrogen-bond donors (Lipinski definition) is 3. The minimum absolute atomic E-state index is 0.285. The van der Waals surface area contributed by atoms with Crippen LogP contribution in [0.1, 0.15) is 26.3 Å². The van der Waals surface area contributed by atoms with Crippen molar-refractivity contribution in [2.75, 3.05) is 0 Å². The molecule has 6 nitrogen and oxygen atoms in total. The molecule has 0 saturated heterocycles. The molecule has 0 aromatic heterocycles. The van der Waals surface area contributed by atoms with Crippen molar-refractivity contribution < 1.29 is 38.5 Å². The van der Waals surface area contributed by atoms with E-state index in [2.05, 4.69) is 0 Å². The highest BCUT2D eigenvalue weighted by molar-refractivity contribution is 6.02. The summed E-state index contributed by atoms with van der Waals surface area (Å²) in [6, 6.07) is 0.285. The van der Waals surface area contributed by atoms with Crippen LogP contribution in [0.25, 0.3) is 0 Å². The maximum atomic E-state index is 13.6. The summed E-state index contributed by atoms with van der Waals surface area (Å²) in [6.45, 7) is 0. The van der Waals surface area contributed by atoms with E-state index in [1.807, 2.05) is 0 Å². The van der Waals surface area contributed by atoms with Gasteiger partial charge in [-0.2, -0.15) is 0 Å². The monoisotopic (exact) mass is 260 g/mol. The molecule has 0 aliphatic rings. The van der Waals surface area contributed by atoms with Crippen LogP contribution in [0.5, 0.6) is 0 Å². The van der Waals surface area contributed by atoms with Gasteiger partial charge in [0.05, 0.1) is 12.0 Å². The highest BCUT2D eigenvalue weighted by Crippen LogP contribution is 2.22. The summed E-state index contributed by atoms with van der Waals surface area (Å²) in [7, 11) is 0. The van der Waals surface area contributed by atoms with Gasteiger partial charge in [-0.05, 0) is 6.07 Å². The van der Waals surface area contributed by atoms with Crippen molar-refractivity contribution in [3.63, 3.8) is 0 Å². The number of carboxylic acids is 3. The molecular formula is C10H6F2O6. The number of rotatable bonds is 4. The molecule has 0 fully saturated rings. The van der Waals surface area contributed by atoms with Crippen LogP contribution in [-0.4, -0.2) is 33.2 Å². The third-order valence-electron chi connectivity index (χ3n) is 2.09. The molecule has 0 spiro atoms. The zero-order chi connectivity index (χ0) is 14.0. The molecule has 8 heteroatoms. The molecule has 1 aromatic rings. The van der Waals surface area contributed by atoms with Crippen molar-refractivity contribution in [1.29, 1.82) is 0 Å². The van der Waals surface area contributed by atoms with Crippen molar-refractivity contribution in [3.05, 3.63) is 34.4 Å². The normalized spacial score (nSPS) is 10.1. The minimum Gasteiger partial charge on any atom is -0.481 e. The Morgan fingerprint density at radius 2 is 1.61 bits per heavy atom. The summed E-state index contributed by atoms with van der Waals surface area (Å²) in [5, 5.41) is 25.7. The molecule has 0 bridgehead atoms. The Labute approximate surface area is 98.1 Å². The lowest BCUT2D eigenvalue weighted by molar-refractivity contribution is -0.136. The minimum atomic E-state index is -1.92. The van der Waals surface area contributed by atoms with E-state index in [1.54, 1.807) is 0 Å². The van der Waals surface area contributed by atoms with E-state index in [1.165, 1.54) is 0 Å². The lowest BCUT2D eigenvalue weighted by Gasteiger charge is -2.08. The largest absolute Gasteiger partial charge is 0.481 e. The molecule has 1 aromatic carbocycles. The van der Waals surface area contributed by atoms with E-state index >= 15 is 0 Å². The molecule has 18 heavy (non-hydrogen) atoms. The predicted molar refractivity (Wildman–Crippen MR) is 51.6 cm³/mol. The van der Waals surface area contributed by atoms with E-state index in [-0.39, 0.29) is 6.07 Å².